The molecule has 3 aromatic heterocycles. The van der Waals surface area contributed by atoms with Crippen molar-refractivity contribution in [2.75, 3.05) is 18.1 Å². The molecule has 0 atom stereocenters. The average molecular weight is 602 g/mol. The van der Waals surface area contributed by atoms with Crippen molar-refractivity contribution in [2.45, 2.75) is 12.1 Å². The summed E-state index contributed by atoms with van der Waals surface area (Å²) < 4.78 is 4.21. The topological polar surface area (TPSA) is 72.4 Å². The van der Waals surface area contributed by atoms with Crippen molar-refractivity contribution < 1.29 is 0 Å². The number of hydrogen-bond donors (Lipinski definition) is 1. The molecule has 200 valence electrons. The van der Waals surface area contributed by atoms with Crippen molar-refractivity contribution >= 4 is 67.9 Å². The minimum absolute atomic E-state index is 0.525. The van der Waals surface area contributed by atoms with Crippen LogP contribution in [-0.4, -0.2) is 37.6 Å². The highest BCUT2D eigenvalue weighted by Crippen LogP contribution is 2.29. The summed E-state index contributed by atoms with van der Waals surface area (Å²) in [5.74, 6) is 0.849. The zero-order valence-electron chi connectivity index (χ0n) is 21.7. The molecule has 0 radical (unpaired) electrons. The number of nitrogens with one attached hydrogen (secondary N) is 1. The summed E-state index contributed by atoms with van der Waals surface area (Å²) in [6, 6.07) is 26.1. The van der Waals surface area contributed by atoms with Crippen LogP contribution in [0, 0.1) is 0 Å². The molecule has 0 saturated carbocycles. The zero-order chi connectivity index (χ0) is 27.5. The van der Waals surface area contributed by atoms with Crippen LogP contribution in [0.2, 0.25) is 5.02 Å². The van der Waals surface area contributed by atoms with Gasteiger partial charge in [0.25, 0.3) is 0 Å². The van der Waals surface area contributed by atoms with Crippen LogP contribution in [-0.2, 0) is 0 Å². The van der Waals surface area contributed by atoms with Crippen LogP contribution in [0.3, 0.4) is 0 Å². The van der Waals surface area contributed by atoms with Crippen molar-refractivity contribution in [3.05, 3.63) is 99.4 Å². The zero-order valence-corrected chi connectivity index (χ0v) is 24.9. The van der Waals surface area contributed by atoms with Gasteiger partial charge in [-0.15, -0.1) is 27.8 Å². The SMILES string of the molecule is CSc1nc2ccccc2n1-c1csc(NC/C(C)=N/N=c2\scc(-c3ccc(Cl)cc3)n2-c2ccccc2)n1. The highest BCUT2D eigenvalue weighted by Gasteiger charge is 2.14. The summed E-state index contributed by atoms with van der Waals surface area (Å²) in [6.45, 7) is 2.48. The number of halogens is 1. The van der Waals surface area contributed by atoms with Crippen LogP contribution in [0.25, 0.3) is 33.8 Å². The molecule has 6 rings (SSSR count). The van der Waals surface area contributed by atoms with Gasteiger partial charge in [-0.1, -0.05) is 65.8 Å². The Hall–Kier alpha value is -3.70. The van der Waals surface area contributed by atoms with Crippen molar-refractivity contribution in [1.29, 1.82) is 0 Å². The normalized spacial score (nSPS) is 12.4. The maximum Gasteiger partial charge on any atom is 0.215 e. The minimum atomic E-state index is 0.525. The lowest BCUT2D eigenvalue weighted by atomic mass is 10.1. The molecular formula is C29H24ClN7S3. The van der Waals surface area contributed by atoms with E-state index in [0.717, 1.165) is 54.6 Å². The highest BCUT2D eigenvalue weighted by atomic mass is 35.5. The first-order valence-electron chi connectivity index (χ1n) is 12.4. The van der Waals surface area contributed by atoms with Gasteiger partial charge in [0.2, 0.25) is 4.80 Å². The number of anilines is 1. The van der Waals surface area contributed by atoms with E-state index >= 15 is 0 Å². The predicted octanol–water partition coefficient (Wildman–Crippen LogP) is 7.77. The number of hydrogen-bond acceptors (Lipinski definition) is 8. The Morgan fingerprint density at radius 1 is 0.925 bits per heavy atom. The number of nitrogens with zero attached hydrogens (tertiary/aromatic N) is 6. The quantitative estimate of drug-likeness (QED) is 0.110. The van der Waals surface area contributed by atoms with Gasteiger partial charge in [0.1, 0.15) is 0 Å². The lowest BCUT2D eigenvalue weighted by Crippen LogP contribution is -2.15. The number of para-hydroxylation sites is 3. The molecule has 0 amide bonds. The number of rotatable bonds is 8. The van der Waals surface area contributed by atoms with Crippen LogP contribution in [0.5, 0.6) is 0 Å². The summed E-state index contributed by atoms with van der Waals surface area (Å²) in [5.41, 5.74) is 5.95. The largest absolute Gasteiger partial charge is 0.356 e. The smallest absolute Gasteiger partial charge is 0.215 e. The Bertz CT molecular complexity index is 1870. The molecular weight excluding hydrogens is 578 g/mol. The van der Waals surface area contributed by atoms with Crippen molar-refractivity contribution in [3.8, 4) is 22.8 Å². The molecule has 0 aliphatic heterocycles. The van der Waals surface area contributed by atoms with Gasteiger partial charge >= 0.3 is 0 Å². The van der Waals surface area contributed by atoms with E-state index in [-0.39, 0.29) is 0 Å². The number of aromatic nitrogens is 4. The number of fused-ring (bicyclic) bond motifs is 1. The van der Waals surface area contributed by atoms with Crippen molar-refractivity contribution in [3.63, 3.8) is 0 Å². The fourth-order valence-electron chi connectivity index (χ4n) is 4.21. The molecule has 0 aliphatic rings. The predicted molar refractivity (Wildman–Crippen MR) is 170 cm³/mol. The third-order valence-electron chi connectivity index (χ3n) is 6.10. The van der Waals surface area contributed by atoms with E-state index in [0.29, 0.717) is 11.6 Å². The Balaban J connectivity index is 1.24. The van der Waals surface area contributed by atoms with Gasteiger partial charge in [0, 0.05) is 21.5 Å². The maximum atomic E-state index is 6.13. The lowest BCUT2D eigenvalue weighted by Gasteiger charge is -2.09. The van der Waals surface area contributed by atoms with Gasteiger partial charge in [-0.05, 0) is 55.1 Å². The fraction of sp³-hybridized carbons (Fsp3) is 0.103. The molecule has 0 spiro atoms. The third-order valence-corrected chi connectivity index (χ3v) is 8.59. The molecule has 11 heteroatoms. The van der Waals surface area contributed by atoms with Gasteiger partial charge < -0.3 is 5.32 Å². The Kier molecular flexibility index (Phi) is 7.83. The van der Waals surface area contributed by atoms with Gasteiger partial charge in [-0.3, -0.25) is 9.13 Å². The second-order valence-corrected chi connectivity index (χ2v) is 11.7. The van der Waals surface area contributed by atoms with Crippen molar-refractivity contribution in [2.24, 2.45) is 10.2 Å². The first-order chi connectivity index (χ1) is 19.6. The first-order valence-corrected chi connectivity index (χ1v) is 15.8. The lowest BCUT2D eigenvalue weighted by molar-refractivity contribution is 0.897. The molecule has 0 fully saturated rings. The molecule has 6 aromatic rings. The van der Waals surface area contributed by atoms with E-state index < -0.39 is 0 Å². The highest BCUT2D eigenvalue weighted by molar-refractivity contribution is 7.98. The number of imidazole rings is 1. The van der Waals surface area contributed by atoms with Gasteiger partial charge in [-0.2, -0.15) is 5.10 Å². The van der Waals surface area contributed by atoms with Crippen LogP contribution in [0.4, 0.5) is 5.13 Å². The van der Waals surface area contributed by atoms with E-state index in [4.69, 9.17) is 21.6 Å². The summed E-state index contributed by atoms with van der Waals surface area (Å²) >= 11 is 10.8. The van der Waals surface area contributed by atoms with E-state index in [1.54, 1.807) is 34.4 Å². The fourth-order valence-corrected chi connectivity index (χ4v) is 6.43. The van der Waals surface area contributed by atoms with Crippen LogP contribution >= 0.6 is 46.0 Å². The van der Waals surface area contributed by atoms with E-state index in [9.17, 15) is 0 Å². The molecule has 3 aromatic carbocycles. The number of benzene rings is 3. The van der Waals surface area contributed by atoms with E-state index in [1.165, 1.54) is 0 Å². The van der Waals surface area contributed by atoms with E-state index in [2.05, 4.69) is 48.2 Å². The van der Waals surface area contributed by atoms with Gasteiger partial charge in [0.05, 0.1) is 29.0 Å². The van der Waals surface area contributed by atoms with Crippen LogP contribution in [0.1, 0.15) is 6.92 Å². The second kappa shape index (κ2) is 11.8. The average Bonchev–Trinajstić information content (AvgIpc) is 3.72. The maximum absolute atomic E-state index is 6.13. The van der Waals surface area contributed by atoms with Gasteiger partial charge in [0.15, 0.2) is 16.1 Å². The standard InChI is InChI=1S/C29H24ClN7S3/c1-19(16-31-27-33-26(18-39-27)37-24-11-7-6-10-23(24)32-28(37)38-2)34-35-29-36(22-8-4-3-5-9-22)25(17-40-29)20-12-14-21(30)15-13-20/h3-15,17-18H,16H2,1-2H3,(H,31,33)/b34-19+,35-29-. The minimum Gasteiger partial charge on any atom is -0.356 e. The molecule has 0 unspecified atom stereocenters. The molecule has 0 saturated heterocycles. The third kappa shape index (κ3) is 5.48. The molecule has 40 heavy (non-hydrogen) atoms. The van der Waals surface area contributed by atoms with Gasteiger partial charge in [-0.25, -0.2) is 9.97 Å². The van der Waals surface area contributed by atoms with Crippen molar-refractivity contribution in [1.82, 2.24) is 19.1 Å². The Labute approximate surface area is 248 Å². The Morgan fingerprint density at radius 3 is 2.50 bits per heavy atom. The summed E-state index contributed by atoms with van der Waals surface area (Å²) in [6.07, 6.45) is 2.03. The molecule has 7 nitrogen and oxygen atoms in total. The molecule has 1 N–H and O–H groups in total. The summed E-state index contributed by atoms with van der Waals surface area (Å²) in [5, 5.41) is 19.1. The summed E-state index contributed by atoms with van der Waals surface area (Å²) in [7, 11) is 0. The molecule has 3 heterocycles. The Morgan fingerprint density at radius 2 is 1.70 bits per heavy atom. The van der Waals surface area contributed by atoms with Crippen LogP contribution < -0.4 is 10.1 Å². The number of thioether (sulfide) groups is 1. The van der Waals surface area contributed by atoms with E-state index in [1.807, 2.05) is 79.2 Å². The first kappa shape index (κ1) is 26.5. The molecule has 0 bridgehead atoms. The number of thiazole rings is 2. The monoisotopic (exact) mass is 601 g/mol. The second-order valence-electron chi connectivity index (χ2n) is 8.80. The van der Waals surface area contributed by atoms with Crippen LogP contribution in [0.15, 0.2) is 105 Å². The molecule has 0 aliphatic carbocycles. The summed E-state index contributed by atoms with van der Waals surface area (Å²) in [4.78, 5) is 10.3.